The van der Waals surface area contributed by atoms with Crippen LogP contribution in [0.15, 0.2) is 24.3 Å². The van der Waals surface area contributed by atoms with Crippen LogP contribution in [-0.2, 0) is 4.74 Å². The van der Waals surface area contributed by atoms with Crippen molar-refractivity contribution >= 4 is 6.09 Å². The third kappa shape index (κ3) is 5.52. The van der Waals surface area contributed by atoms with Gasteiger partial charge in [-0.3, -0.25) is 0 Å². The van der Waals surface area contributed by atoms with Gasteiger partial charge in [-0.05, 0) is 57.6 Å². The van der Waals surface area contributed by atoms with E-state index in [0.29, 0.717) is 18.0 Å². The summed E-state index contributed by atoms with van der Waals surface area (Å²) in [6.07, 6.45) is 1.59. The number of carbonyl (C=O) groups excluding carboxylic acids is 1. The van der Waals surface area contributed by atoms with E-state index < -0.39 is 5.60 Å². The number of hydrogen-bond acceptors (Lipinski definition) is 3. The topological polar surface area (TPSA) is 50.4 Å². The van der Waals surface area contributed by atoms with E-state index in [2.05, 4.69) is 55.7 Å². The van der Waals surface area contributed by atoms with E-state index in [1.54, 1.807) is 0 Å². The molecule has 1 aliphatic carbocycles. The largest absolute Gasteiger partial charge is 0.444 e. The highest BCUT2D eigenvalue weighted by atomic mass is 16.6. The first-order chi connectivity index (χ1) is 11.1. The molecule has 2 N–H and O–H groups in total. The van der Waals surface area contributed by atoms with Gasteiger partial charge in [0.15, 0.2) is 0 Å². The second kappa shape index (κ2) is 7.56. The van der Waals surface area contributed by atoms with Crippen LogP contribution in [0.1, 0.15) is 77.5 Å². The first kappa shape index (κ1) is 18.8. The molecule has 4 nitrogen and oxygen atoms in total. The second-order valence-electron chi connectivity index (χ2n) is 8.22. The third-order valence-corrected chi connectivity index (χ3v) is 4.45. The van der Waals surface area contributed by atoms with E-state index in [0.717, 1.165) is 12.8 Å². The molecule has 1 amide bonds. The molecule has 1 fully saturated rings. The average Bonchev–Trinajstić information content (AvgIpc) is 2.43. The molecule has 0 bridgehead atoms. The van der Waals surface area contributed by atoms with E-state index in [1.807, 2.05) is 20.8 Å². The maximum Gasteiger partial charge on any atom is 0.407 e. The molecule has 134 valence electrons. The van der Waals surface area contributed by atoms with Gasteiger partial charge in [0.2, 0.25) is 0 Å². The van der Waals surface area contributed by atoms with Crippen LogP contribution in [0.4, 0.5) is 4.79 Å². The van der Waals surface area contributed by atoms with E-state index in [9.17, 15) is 4.79 Å². The molecule has 0 radical (unpaired) electrons. The summed E-state index contributed by atoms with van der Waals surface area (Å²) in [4.78, 5) is 11.7. The molecule has 1 aromatic carbocycles. The van der Waals surface area contributed by atoms with Gasteiger partial charge in [0, 0.05) is 18.1 Å². The quantitative estimate of drug-likeness (QED) is 0.833. The van der Waals surface area contributed by atoms with Gasteiger partial charge in [-0.25, -0.2) is 4.79 Å². The summed E-state index contributed by atoms with van der Waals surface area (Å²) >= 11 is 0. The lowest BCUT2D eigenvalue weighted by atomic mass is 9.86. The van der Waals surface area contributed by atoms with Crippen molar-refractivity contribution in [2.24, 2.45) is 0 Å². The molecule has 2 rings (SSSR count). The minimum atomic E-state index is -0.442. The van der Waals surface area contributed by atoms with Crippen molar-refractivity contribution in [2.75, 3.05) is 0 Å². The van der Waals surface area contributed by atoms with Crippen LogP contribution < -0.4 is 10.6 Å². The zero-order valence-electron chi connectivity index (χ0n) is 15.8. The molecule has 0 aliphatic heterocycles. The monoisotopic (exact) mass is 332 g/mol. The molecular weight excluding hydrogens is 300 g/mol. The maximum atomic E-state index is 11.7. The number of amides is 1. The van der Waals surface area contributed by atoms with Gasteiger partial charge in [-0.15, -0.1) is 0 Å². The summed E-state index contributed by atoms with van der Waals surface area (Å²) in [5.41, 5.74) is 2.24. The molecular formula is C20H32N2O2. The Balaban J connectivity index is 1.73. The van der Waals surface area contributed by atoms with Gasteiger partial charge in [-0.1, -0.05) is 38.1 Å². The lowest BCUT2D eigenvalue weighted by molar-refractivity contribution is 0.0463. The summed E-state index contributed by atoms with van der Waals surface area (Å²) < 4.78 is 5.29. The minimum Gasteiger partial charge on any atom is -0.444 e. The number of carbonyl (C=O) groups is 1. The molecule has 4 heteroatoms. The summed E-state index contributed by atoms with van der Waals surface area (Å²) in [6.45, 7) is 12.3. The van der Waals surface area contributed by atoms with Gasteiger partial charge in [0.05, 0.1) is 0 Å². The fourth-order valence-corrected chi connectivity index (χ4v) is 2.97. The molecule has 1 saturated carbocycles. The summed E-state index contributed by atoms with van der Waals surface area (Å²) in [7, 11) is 0. The van der Waals surface area contributed by atoms with E-state index in [1.165, 1.54) is 11.1 Å². The Morgan fingerprint density at radius 3 is 2.08 bits per heavy atom. The third-order valence-electron chi connectivity index (χ3n) is 4.45. The fraction of sp³-hybridized carbons (Fsp3) is 0.650. The van der Waals surface area contributed by atoms with Crippen molar-refractivity contribution in [3.05, 3.63) is 35.4 Å². The van der Waals surface area contributed by atoms with Gasteiger partial charge < -0.3 is 15.4 Å². The highest BCUT2D eigenvalue weighted by Crippen LogP contribution is 2.25. The van der Waals surface area contributed by atoms with Crippen LogP contribution in [-0.4, -0.2) is 23.8 Å². The standard InChI is InChI=1S/C20H32N2O2/c1-13(2)15-7-9-16(10-8-15)14(3)21-17-11-18(12-17)22-19(23)24-20(4,5)6/h7-10,13-14,17-18,21H,11-12H2,1-6H3,(H,22,23). The van der Waals surface area contributed by atoms with Crippen molar-refractivity contribution < 1.29 is 9.53 Å². The summed E-state index contributed by atoms with van der Waals surface area (Å²) in [5, 5.41) is 6.58. The Kier molecular flexibility index (Phi) is 5.92. The number of hydrogen-bond donors (Lipinski definition) is 2. The van der Waals surface area contributed by atoms with Gasteiger partial charge in [0.25, 0.3) is 0 Å². The molecule has 0 saturated heterocycles. The number of nitrogens with one attached hydrogen (secondary N) is 2. The van der Waals surface area contributed by atoms with Gasteiger partial charge in [-0.2, -0.15) is 0 Å². The number of alkyl carbamates (subject to hydrolysis) is 1. The molecule has 0 aromatic heterocycles. The predicted molar refractivity (Wildman–Crippen MR) is 98.3 cm³/mol. The van der Waals surface area contributed by atoms with Crippen LogP contribution in [0.2, 0.25) is 0 Å². The molecule has 1 atom stereocenters. The smallest absolute Gasteiger partial charge is 0.407 e. The number of ether oxygens (including phenoxy) is 1. The fourth-order valence-electron chi connectivity index (χ4n) is 2.97. The van der Waals surface area contributed by atoms with Crippen LogP contribution in [0.5, 0.6) is 0 Å². The lowest BCUT2D eigenvalue weighted by Crippen LogP contribution is -2.53. The second-order valence-corrected chi connectivity index (χ2v) is 8.22. The van der Waals surface area contributed by atoms with E-state index in [-0.39, 0.29) is 12.1 Å². The normalized spacial score (nSPS) is 22.0. The van der Waals surface area contributed by atoms with Gasteiger partial charge in [0.1, 0.15) is 5.60 Å². The predicted octanol–water partition coefficient (Wildman–Crippen LogP) is 4.52. The Morgan fingerprint density at radius 1 is 1.04 bits per heavy atom. The molecule has 0 spiro atoms. The Hall–Kier alpha value is -1.55. The van der Waals surface area contributed by atoms with Crippen LogP contribution >= 0.6 is 0 Å². The zero-order chi connectivity index (χ0) is 17.9. The van der Waals surface area contributed by atoms with Crippen molar-refractivity contribution in [2.45, 2.75) is 84.0 Å². The first-order valence-electron chi connectivity index (χ1n) is 8.99. The van der Waals surface area contributed by atoms with Crippen LogP contribution in [0.3, 0.4) is 0 Å². The maximum absolute atomic E-state index is 11.7. The molecule has 1 unspecified atom stereocenters. The van der Waals surface area contributed by atoms with Crippen molar-refractivity contribution in [1.29, 1.82) is 0 Å². The van der Waals surface area contributed by atoms with Crippen molar-refractivity contribution in [1.82, 2.24) is 10.6 Å². The van der Waals surface area contributed by atoms with Crippen molar-refractivity contribution in [3.8, 4) is 0 Å². The lowest BCUT2D eigenvalue weighted by Gasteiger charge is -2.38. The summed E-state index contributed by atoms with van der Waals surface area (Å²) in [5.74, 6) is 0.564. The molecule has 1 aliphatic rings. The first-order valence-corrected chi connectivity index (χ1v) is 8.99. The Bertz CT molecular complexity index is 540. The zero-order valence-corrected chi connectivity index (χ0v) is 15.8. The molecule has 0 heterocycles. The Morgan fingerprint density at radius 2 is 1.58 bits per heavy atom. The number of benzene rings is 1. The average molecular weight is 332 g/mol. The highest BCUT2D eigenvalue weighted by molar-refractivity contribution is 5.68. The highest BCUT2D eigenvalue weighted by Gasteiger charge is 2.32. The molecule has 24 heavy (non-hydrogen) atoms. The Labute approximate surface area is 146 Å². The number of rotatable bonds is 5. The minimum absolute atomic E-state index is 0.216. The SMILES string of the molecule is CC(C)c1ccc(C(C)NC2CC(NC(=O)OC(C)(C)C)C2)cc1. The van der Waals surface area contributed by atoms with E-state index in [4.69, 9.17) is 4.74 Å². The summed E-state index contributed by atoms with van der Waals surface area (Å²) in [6, 6.07) is 9.83. The van der Waals surface area contributed by atoms with Crippen LogP contribution in [0, 0.1) is 0 Å². The van der Waals surface area contributed by atoms with Crippen LogP contribution in [0.25, 0.3) is 0 Å². The van der Waals surface area contributed by atoms with E-state index >= 15 is 0 Å². The molecule has 1 aromatic rings. The van der Waals surface area contributed by atoms with Crippen molar-refractivity contribution in [3.63, 3.8) is 0 Å². The van der Waals surface area contributed by atoms with Gasteiger partial charge >= 0.3 is 6.09 Å².